The summed E-state index contributed by atoms with van der Waals surface area (Å²) in [5.41, 5.74) is 0.565. The number of rotatable bonds is 2. The van der Waals surface area contributed by atoms with Crippen molar-refractivity contribution in [3.63, 3.8) is 0 Å². The van der Waals surface area contributed by atoms with Crippen LogP contribution in [0.1, 0.15) is 34.8 Å². The Labute approximate surface area is 89.5 Å². The van der Waals surface area contributed by atoms with E-state index in [1.165, 1.54) is 10.7 Å². The van der Waals surface area contributed by atoms with Crippen LogP contribution in [0, 0.1) is 0 Å². The van der Waals surface area contributed by atoms with Gasteiger partial charge in [-0.15, -0.1) is 0 Å². The van der Waals surface area contributed by atoms with E-state index in [1.807, 2.05) is 0 Å². The van der Waals surface area contributed by atoms with E-state index in [0.29, 0.717) is 11.6 Å². The van der Waals surface area contributed by atoms with E-state index in [1.54, 1.807) is 6.07 Å². The number of aromatic nitrogens is 3. The average molecular weight is 219 g/mol. The third kappa shape index (κ3) is 1.30. The molecule has 0 unspecified atom stereocenters. The molecule has 6 heteroatoms. The molecule has 1 fully saturated rings. The first-order valence-corrected chi connectivity index (χ1v) is 5.01. The molecule has 0 spiro atoms. The Morgan fingerprint density at radius 2 is 2.31 bits per heavy atom. The van der Waals surface area contributed by atoms with Crippen molar-refractivity contribution in [2.45, 2.75) is 18.8 Å². The van der Waals surface area contributed by atoms with Crippen LogP contribution in [0.5, 0.6) is 0 Å². The van der Waals surface area contributed by atoms with Crippen molar-refractivity contribution in [3.05, 3.63) is 33.9 Å². The number of carbonyl (C=O) groups is 1. The summed E-state index contributed by atoms with van der Waals surface area (Å²) in [4.78, 5) is 24.7. The van der Waals surface area contributed by atoms with Crippen LogP contribution in [0.4, 0.5) is 0 Å². The lowest BCUT2D eigenvalue weighted by atomic mass is 10.3. The Kier molecular flexibility index (Phi) is 1.68. The smallest absolute Gasteiger partial charge is 0.342 e. The average Bonchev–Trinajstić information content (AvgIpc) is 2.98. The van der Waals surface area contributed by atoms with Gasteiger partial charge in [-0.25, -0.2) is 9.31 Å². The second-order valence-corrected chi connectivity index (χ2v) is 3.98. The molecule has 1 aliphatic carbocycles. The number of aromatic carboxylic acids is 1. The molecule has 1 saturated carbocycles. The van der Waals surface area contributed by atoms with E-state index in [0.717, 1.165) is 18.5 Å². The van der Waals surface area contributed by atoms with E-state index in [-0.39, 0.29) is 5.56 Å². The zero-order chi connectivity index (χ0) is 11.3. The van der Waals surface area contributed by atoms with Gasteiger partial charge >= 0.3 is 5.97 Å². The molecule has 0 radical (unpaired) electrons. The molecular weight excluding hydrogens is 210 g/mol. The monoisotopic (exact) mass is 219 g/mol. The molecule has 0 saturated heterocycles. The summed E-state index contributed by atoms with van der Waals surface area (Å²) < 4.78 is 1.42. The third-order valence-electron chi connectivity index (χ3n) is 2.72. The summed E-state index contributed by atoms with van der Waals surface area (Å²) in [6, 6.07) is 1.80. The van der Waals surface area contributed by atoms with Crippen molar-refractivity contribution in [1.29, 1.82) is 0 Å². The standard InChI is InChI=1S/C10H9N3O3/c14-9-6(10(15)16)4-13-8(11-9)3-7(12-13)5-1-2-5/h3-5H,1-2H2,(H,11,14)(H,15,16). The highest BCUT2D eigenvalue weighted by molar-refractivity contribution is 5.86. The molecule has 82 valence electrons. The van der Waals surface area contributed by atoms with Crippen molar-refractivity contribution in [2.24, 2.45) is 0 Å². The molecule has 0 amide bonds. The summed E-state index contributed by atoms with van der Waals surface area (Å²) in [6.45, 7) is 0. The predicted octanol–water partition coefficient (Wildman–Crippen LogP) is 0.598. The molecule has 2 N–H and O–H groups in total. The molecule has 2 heterocycles. The number of carboxylic acid groups (broad SMARTS) is 1. The molecule has 1 aliphatic rings. The number of H-pyrrole nitrogens is 1. The van der Waals surface area contributed by atoms with Crippen molar-refractivity contribution in [3.8, 4) is 0 Å². The zero-order valence-electron chi connectivity index (χ0n) is 8.30. The quantitative estimate of drug-likeness (QED) is 0.774. The maximum Gasteiger partial charge on any atom is 0.342 e. The van der Waals surface area contributed by atoms with Gasteiger partial charge in [0, 0.05) is 12.0 Å². The first-order valence-electron chi connectivity index (χ1n) is 5.01. The van der Waals surface area contributed by atoms with Crippen LogP contribution >= 0.6 is 0 Å². The second-order valence-electron chi connectivity index (χ2n) is 3.98. The van der Waals surface area contributed by atoms with Crippen LogP contribution in [-0.4, -0.2) is 25.7 Å². The highest BCUT2D eigenvalue weighted by atomic mass is 16.4. The Morgan fingerprint density at radius 1 is 1.56 bits per heavy atom. The molecular formula is C10H9N3O3. The van der Waals surface area contributed by atoms with Gasteiger partial charge in [0.2, 0.25) is 0 Å². The summed E-state index contributed by atoms with van der Waals surface area (Å²) in [5.74, 6) is -0.775. The summed E-state index contributed by atoms with van der Waals surface area (Å²) in [6.07, 6.45) is 3.47. The van der Waals surface area contributed by atoms with Crippen LogP contribution in [0.25, 0.3) is 5.65 Å². The number of aromatic amines is 1. The number of nitrogens with zero attached hydrogens (tertiary/aromatic N) is 2. The topological polar surface area (TPSA) is 87.5 Å². The molecule has 2 aromatic heterocycles. The minimum absolute atomic E-state index is 0.294. The molecule has 0 aromatic carbocycles. The van der Waals surface area contributed by atoms with Crippen molar-refractivity contribution >= 4 is 11.6 Å². The lowest BCUT2D eigenvalue weighted by Crippen LogP contribution is -2.19. The Hall–Kier alpha value is -2.11. The summed E-state index contributed by atoms with van der Waals surface area (Å²) in [7, 11) is 0. The molecule has 2 aromatic rings. The molecule has 16 heavy (non-hydrogen) atoms. The van der Waals surface area contributed by atoms with Gasteiger partial charge in [-0.2, -0.15) is 5.10 Å². The van der Waals surface area contributed by atoms with Crippen LogP contribution in [0.3, 0.4) is 0 Å². The maximum absolute atomic E-state index is 11.4. The van der Waals surface area contributed by atoms with E-state index in [4.69, 9.17) is 5.11 Å². The van der Waals surface area contributed by atoms with Crippen molar-refractivity contribution in [2.75, 3.05) is 0 Å². The van der Waals surface area contributed by atoms with Gasteiger partial charge in [0.05, 0.1) is 11.9 Å². The maximum atomic E-state index is 11.4. The van der Waals surface area contributed by atoms with Gasteiger partial charge in [0.15, 0.2) is 0 Å². The third-order valence-corrected chi connectivity index (χ3v) is 2.72. The van der Waals surface area contributed by atoms with Gasteiger partial charge in [0.1, 0.15) is 11.2 Å². The molecule has 6 nitrogen and oxygen atoms in total. The Bertz CT molecular complexity index is 636. The first-order chi connectivity index (χ1) is 7.65. The second kappa shape index (κ2) is 2.94. The molecule has 3 rings (SSSR count). The van der Waals surface area contributed by atoms with Gasteiger partial charge in [-0.3, -0.25) is 4.79 Å². The Balaban J connectivity index is 2.23. The highest BCUT2D eigenvalue weighted by Crippen LogP contribution is 2.39. The number of hydrogen-bond acceptors (Lipinski definition) is 3. The molecule has 0 aliphatic heterocycles. The van der Waals surface area contributed by atoms with Gasteiger partial charge in [-0.1, -0.05) is 0 Å². The zero-order valence-corrected chi connectivity index (χ0v) is 8.30. The summed E-state index contributed by atoms with van der Waals surface area (Å²) >= 11 is 0. The SMILES string of the molecule is O=C(O)c1cn2nc(C3CC3)cc2[nH]c1=O. The number of carboxylic acids is 1. The van der Waals surface area contributed by atoms with E-state index in [2.05, 4.69) is 10.1 Å². The normalized spacial score (nSPS) is 15.5. The van der Waals surface area contributed by atoms with E-state index >= 15 is 0 Å². The van der Waals surface area contributed by atoms with Crippen LogP contribution in [0.15, 0.2) is 17.1 Å². The van der Waals surface area contributed by atoms with Crippen LogP contribution in [-0.2, 0) is 0 Å². The fourth-order valence-corrected chi connectivity index (χ4v) is 1.70. The van der Waals surface area contributed by atoms with Gasteiger partial charge < -0.3 is 10.1 Å². The van der Waals surface area contributed by atoms with Crippen molar-refractivity contribution in [1.82, 2.24) is 14.6 Å². The number of nitrogens with one attached hydrogen (secondary N) is 1. The van der Waals surface area contributed by atoms with Crippen LogP contribution in [0.2, 0.25) is 0 Å². The minimum atomic E-state index is -1.24. The van der Waals surface area contributed by atoms with E-state index < -0.39 is 11.5 Å². The fraction of sp³-hybridized carbons (Fsp3) is 0.300. The molecule has 0 atom stereocenters. The fourth-order valence-electron chi connectivity index (χ4n) is 1.70. The summed E-state index contributed by atoms with van der Waals surface area (Å²) in [5, 5.41) is 13.0. The van der Waals surface area contributed by atoms with Gasteiger partial charge in [0.25, 0.3) is 5.56 Å². The first kappa shape index (κ1) is 9.14. The van der Waals surface area contributed by atoms with E-state index in [9.17, 15) is 9.59 Å². The number of hydrogen-bond donors (Lipinski definition) is 2. The largest absolute Gasteiger partial charge is 0.477 e. The van der Waals surface area contributed by atoms with Crippen LogP contribution < -0.4 is 5.56 Å². The lowest BCUT2D eigenvalue weighted by Gasteiger charge is -1.95. The predicted molar refractivity (Wildman–Crippen MR) is 54.7 cm³/mol. The number of fused-ring (bicyclic) bond motifs is 1. The molecule has 0 bridgehead atoms. The lowest BCUT2D eigenvalue weighted by molar-refractivity contribution is 0.0694. The minimum Gasteiger partial charge on any atom is -0.477 e. The Morgan fingerprint density at radius 3 is 2.94 bits per heavy atom. The van der Waals surface area contributed by atoms with Gasteiger partial charge in [-0.05, 0) is 12.8 Å². The highest BCUT2D eigenvalue weighted by Gasteiger charge is 2.26. The van der Waals surface area contributed by atoms with Crippen molar-refractivity contribution < 1.29 is 9.90 Å².